The molecule has 0 aromatic rings. The van der Waals surface area contributed by atoms with E-state index in [0.717, 1.165) is 26.3 Å². The van der Waals surface area contributed by atoms with Crippen LogP contribution in [0.2, 0.25) is 0 Å². The first-order chi connectivity index (χ1) is 6.38. The van der Waals surface area contributed by atoms with Gasteiger partial charge in [-0.2, -0.15) is 5.92 Å². The van der Waals surface area contributed by atoms with Crippen molar-refractivity contribution in [3.63, 3.8) is 0 Å². The van der Waals surface area contributed by atoms with Crippen LogP contribution in [0.25, 0.3) is 0 Å². The van der Waals surface area contributed by atoms with Crippen molar-refractivity contribution in [1.82, 2.24) is 4.90 Å². The number of hydrogen-bond donors (Lipinski definition) is 0. The molecule has 0 unspecified atom stereocenters. The van der Waals surface area contributed by atoms with Crippen molar-refractivity contribution < 1.29 is 23.6 Å². The predicted molar refractivity (Wildman–Crippen MR) is 53.2 cm³/mol. The molecule has 2 fully saturated rings. The fourth-order valence-electron chi connectivity index (χ4n) is 2.15. The third-order valence-electron chi connectivity index (χ3n) is 3.01. The Hall–Kier alpha value is -0.0326. The minimum atomic E-state index is 0. The van der Waals surface area contributed by atoms with Gasteiger partial charge in [0.05, 0.1) is 13.2 Å². The Kier molecular flexibility index (Phi) is 4.95. The van der Waals surface area contributed by atoms with E-state index in [2.05, 4.69) is 11.5 Å². The zero-order valence-corrected chi connectivity index (χ0v) is 9.22. The number of allylic oxidation sites excluding steroid dienone is 1. The van der Waals surface area contributed by atoms with Gasteiger partial charge in [0.1, 0.15) is 0 Å². The molecule has 0 aromatic heterocycles. The minimum absolute atomic E-state index is 0. The first-order valence-corrected chi connectivity index (χ1v) is 5.24. The molecule has 0 spiro atoms. The molecular weight excluding hydrogens is 169 g/mol. The largest absolute Gasteiger partial charge is 1.00 e. The van der Waals surface area contributed by atoms with E-state index in [1.807, 2.05) is 0 Å². The molecule has 74 valence electrons. The van der Waals surface area contributed by atoms with Crippen molar-refractivity contribution in [2.45, 2.75) is 25.7 Å². The molecule has 14 heavy (non-hydrogen) atoms. The van der Waals surface area contributed by atoms with Crippen molar-refractivity contribution in [3.8, 4) is 0 Å². The molecule has 1 saturated carbocycles. The minimum Gasteiger partial charge on any atom is -0.400 e. The maximum atomic E-state index is 5.32. The molecule has 1 heterocycles. The van der Waals surface area contributed by atoms with Crippen molar-refractivity contribution >= 4 is 0 Å². The van der Waals surface area contributed by atoms with E-state index in [1.165, 1.54) is 31.4 Å². The van der Waals surface area contributed by atoms with Crippen molar-refractivity contribution in [2.24, 2.45) is 0 Å². The quantitative estimate of drug-likeness (QED) is 0.405. The van der Waals surface area contributed by atoms with E-state index in [4.69, 9.17) is 4.74 Å². The van der Waals surface area contributed by atoms with Crippen LogP contribution in [0.15, 0.2) is 12.3 Å². The zero-order valence-electron chi connectivity index (χ0n) is 9.22. The molecular formula is C11H18LiNO. The molecule has 3 heteroatoms. The van der Waals surface area contributed by atoms with E-state index < -0.39 is 0 Å². The Morgan fingerprint density at radius 3 is 2.29 bits per heavy atom. The van der Waals surface area contributed by atoms with Gasteiger partial charge >= 0.3 is 18.9 Å². The van der Waals surface area contributed by atoms with Gasteiger partial charge in [0.2, 0.25) is 0 Å². The van der Waals surface area contributed by atoms with Gasteiger partial charge in [-0.25, -0.2) is 6.58 Å². The Labute approximate surface area is 98.9 Å². The predicted octanol–water partition coefficient (Wildman–Crippen LogP) is -1.02. The van der Waals surface area contributed by atoms with Gasteiger partial charge in [-0.15, -0.1) is 5.70 Å². The summed E-state index contributed by atoms with van der Waals surface area (Å²) in [5.41, 5.74) is 1.29. The third-order valence-corrected chi connectivity index (χ3v) is 3.01. The van der Waals surface area contributed by atoms with Crippen molar-refractivity contribution in [3.05, 3.63) is 18.2 Å². The average Bonchev–Trinajstić information content (AvgIpc) is 2.71. The maximum Gasteiger partial charge on any atom is 1.00 e. The molecule has 0 radical (unpaired) electrons. The van der Waals surface area contributed by atoms with E-state index in [0.29, 0.717) is 0 Å². The Balaban J connectivity index is 0.000000980. The van der Waals surface area contributed by atoms with Crippen molar-refractivity contribution in [1.29, 1.82) is 0 Å². The summed E-state index contributed by atoms with van der Waals surface area (Å²) in [4.78, 5) is 2.38. The molecule has 0 atom stereocenters. The standard InChI is InChI=1S/C11H18NO.Li/c1-10(11-4-2-3-5-11)12-6-8-13-9-7-12;/h1-9H2;/q-1;+1. The van der Waals surface area contributed by atoms with Crippen LogP contribution < -0.4 is 18.9 Å². The Morgan fingerprint density at radius 1 is 1.14 bits per heavy atom. The van der Waals surface area contributed by atoms with Gasteiger partial charge in [0, 0.05) is 13.1 Å². The summed E-state index contributed by atoms with van der Waals surface area (Å²) in [5.74, 6) is 1.59. The second kappa shape index (κ2) is 5.75. The van der Waals surface area contributed by atoms with E-state index in [-0.39, 0.29) is 18.9 Å². The van der Waals surface area contributed by atoms with Crippen LogP contribution in [0.1, 0.15) is 25.7 Å². The van der Waals surface area contributed by atoms with Crippen LogP contribution >= 0.6 is 0 Å². The maximum absolute atomic E-state index is 5.32. The van der Waals surface area contributed by atoms with E-state index >= 15 is 0 Å². The summed E-state index contributed by atoms with van der Waals surface area (Å²) < 4.78 is 5.32. The first kappa shape index (κ1) is 12.0. The molecule has 2 aliphatic rings. The summed E-state index contributed by atoms with van der Waals surface area (Å²) in [6.45, 7) is 7.99. The van der Waals surface area contributed by atoms with Gasteiger partial charge in [-0.1, -0.05) is 25.7 Å². The fraction of sp³-hybridized carbons (Fsp3) is 0.727. The summed E-state index contributed by atoms with van der Waals surface area (Å²) in [5, 5.41) is 0. The molecule has 1 aliphatic heterocycles. The van der Waals surface area contributed by atoms with E-state index in [1.54, 1.807) is 5.92 Å². The number of rotatable bonds is 2. The number of morpholine rings is 1. The van der Waals surface area contributed by atoms with Gasteiger partial charge in [0.25, 0.3) is 0 Å². The van der Waals surface area contributed by atoms with Crippen molar-refractivity contribution in [2.75, 3.05) is 26.3 Å². The number of nitrogens with zero attached hydrogens (tertiary/aromatic N) is 1. The van der Waals surface area contributed by atoms with Gasteiger partial charge in [-0.05, 0) is 0 Å². The first-order valence-electron chi connectivity index (χ1n) is 5.24. The normalized spacial score (nSPS) is 22.0. The molecule has 0 aromatic carbocycles. The average molecular weight is 187 g/mol. The van der Waals surface area contributed by atoms with Crippen LogP contribution in [0.3, 0.4) is 0 Å². The smallest absolute Gasteiger partial charge is 0.400 e. The zero-order chi connectivity index (χ0) is 9.10. The molecule has 2 nitrogen and oxygen atoms in total. The topological polar surface area (TPSA) is 12.5 Å². The summed E-state index contributed by atoms with van der Waals surface area (Å²) >= 11 is 0. The second-order valence-electron chi connectivity index (χ2n) is 3.86. The fourth-order valence-corrected chi connectivity index (χ4v) is 2.15. The summed E-state index contributed by atoms with van der Waals surface area (Å²) in [6, 6.07) is 0. The molecule has 0 amide bonds. The van der Waals surface area contributed by atoms with Crippen LogP contribution in [-0.4, -0.2) is 31.2 Å². The molecule has 1 saturated heterocycles. The Bertz CT molecular complexity index is 184. The van der Waals surface area contributed by atoms with Crippen LogP contribution in [0.5, 0.6) is 0 Å². The van der Waals surface area contributed by atoms with Crippen LogP contribution in [-0.2, 0) is 4.74 Å². The third kappa shape index (κ3) is 2.73. The second-order valence-corrected chi connectivity index (χ2v) is 3.86. The monoisotopic (exact) mass is 187 g/mol. The van der Waals surface area contributed by atoms with Gasteiger partial charge < -0.3 is 9.64 Å². The number of ether oxygens (including phenoxy) is 1. The number of hydrogen-bond acceptors (Lipinski definition) is 2. The molecule has 1 aliphatic carbocycles. The van der Waals surface area contributed by atoms with Crippen LogP contribution in [0, 0.1) is 5.92 Å². The van der Waals surface area contributed by atoms with E-state index in [9.17, 15) is 0 Å². The van der Waals surface area contributed by atoms with Gasteiger partial charge in [-0.3, -0.25) is 0 Å². The Morgan fingerprint density at radius 2 is 1.71 bits per heavy atom. The molecule has 2 rings (SSSR count). The molecule has 0 N–H and O–H groups in total. The molecule has 0 bridgehead atoms. The van der Waals surface area contributed by atoms with Gasteiger partial charge in [0.15, 0.2) is 0 Å². The summed E-state index contributed by atoms with van der Waals surface area (Å²) in [7, 11) is 0. The van der Waals surface area contributed by atoms with Crippen LogP contribution in [0.4, 0.5) is 0 Å². The SMILES string of the molecule is C=C([C-]1CCCC1)N1CCOCC1.[Li+]. The summed E-state index contributed by atoms with van der Waals surface area (Å²) in [6.07, 6.45) is 5.27.